The van der Waals surface area contributed by atoms with Gasteiger partial charge in [-0.05, 0) is 13.8 Å². The van der Waals surface area contributed by atoms with Crippen molar-refractivity contribution in [2.45, 2.75) is 13.8 Å². The summed E-state index contributed by atoms with van der Waals surface area (Å²) < 4.78 is 4.89. The van der Waals surface area contributed by atoms with Gasteiger partial charge in [-0.15, -0.1) is 0 Å². The van der Waals surface area contributed by atoms with Crippen LogP contribution in [0.4, 0.5) is 0 Å². The molecule has 1 amide bonds. The fourth-order valence-electron chi connectivity index (χ4n) is 0.694. The van der Waals surface area contributed by atoms with Crippen LogP contribution in [-0.4, -0.2) is 43.3 Å². The molecule has 15 heavy (non-hydrogen) atoms. The van der Waals surface area contributed by atoms with Crippen LogP contribution in [0.15, 0.2) is 0 Å². The first kappa shape index (κ1) is 13.9. The Balaban J connectivity index is 3.75. The molecule has 0 atom stereocenters. The fourth-order valence-corrected chi connectivity index (χ4v) is 0.694. The molecule has 6 heteroatoms. The van der Waals surface area contributed by atoms with Gasteiger partial charge in [0.25, 0.3) is 0 Å². The van der Waals surface area contributed by atoms with Crippen molar-refractivity contribution in [3.8, 4) is 0 Å². The summed E-state index contributed by atoms with van der Waals surface area (Å²) in [5.74, 6) is -1.29. The number of hydrogen-bond acceptors (Lipinski definition) is 4. The SMILES string of the molecule is CC(C)(CNC(=O)COCCN)C(=O)O. The number of carboxylic acid groups (broad SMARTS) is 1. The van der Waals surface area contributed by atoms with Gasteiger partial charge >= 0.3 is 5.97 Å². The largest absolute Gasteiger partial charge is 0.481 e. The minimum atomic E-state index is -0.969. The van der Waals surface area contributed by atoms with Gasteiger partial charge in [0.05, 0.1) is 12.0 Å². The highest BCUT2D eigenvalue weighted by molar-refractivity contribution is 5.79. The van der Waals surface area contributed by atoms with Crippen molar-refractivity contribution in [2.75, 3.05) is 26.3 Å². The van der Waals surface area contributed by atoms with Gasteiger partial charge in [-0.2, -0.15) is 0 Å². The van der Waals surface area contributed by atoms with Gasteiger partial charge in [-0.1, -0.05) is 0 Å². The van der Waals surface area contributed by atoms with Gasteiger partial charge in [0.15, 0.2) is 0 Å². The summed E-state index contributed by atoms with van der Waals surface area (Å²) in [5.41, 5.74) is 4.19. The van der Waals surface area contributed by atoms with E-state index in [2.05, 4.69) is 5.32 Å². The lowest BCUT2D eigenvalue weighted by Gasteiger charge is -2.19. The molecule has 0 spiro atoms. The highest BCUT2D eigenvalue weighted by atomic mass is 16.5. The van der Waals surface area contributed by atoms with E-state index in [-0.39, 0.29) is 19.1 Å². The zero-order valence-electron chi connectivity index (χ0n) is 9.08. The molecule has 0 aliphatic carbocycles. The van der Waals surface area contributed by atoms with E-state index in [1.165, 1.54) is 13.8 Å². The Morgan fingerprint density at radius 3 is 2.53 bits per heavy atom. The van der Waals surface area contributed by atoms with Crippen LogP contribution in [0.3, 0.4) is 0 Å². The number of amides is 1. The summed E-state index contributed by atoms with van der Waals surface area (Å²) in [6, 6.07) is 0. The van der Waals surface area contributed by atoms with Crippen LogP contribution in [0, 0.1) is 5.41 Å². The molecule has 0 rings (SSSR count). The smallest absolute Gasteiger partial charge is 0.310 e. The van der Waals surface area contributed by atoms with Crippen molar-refractivity contribution >= 4 is 11.9 Å². The Bertz CT molecular complexity index is 228. The second kappa shape index (κ2) is 6.36. The monoisotopic (exact) mass is 218 g/mol. The number of hydrogen-bond donors (Lipinski definition) is 3. The molecule has 0 fully saturated rings. The maximum atomic E-state index is 11.1. The Hall–Kier alpha value is -1.14. The molecule has 0 saturated heterocycles. The fraction of sp³-hybridized carbons (Fsp3) is 0.778. The van der Waals surface area contributed by atoms with E-state index >= 15 is 0 Å². The third-order valence-electron chi connectivity index (χ3n) is 1.80. The van der Waals surface area contributed by atoms with E-state index in [0.29, 0.717) is 13.2 Å². The van der Waals surface area contributed by atoms with Crippen LogP contribution in [0.25, 0.3) is 0 Å². The molecule has 0 aromatic carbocycles. The van der Waals surface area contributed by atoms with E-state index in [9.17, 15) is 9.59 Å². The average Bonchev–Trinajstić information content (AvgIpc) is 2.15. The predicted molar refractivity (Wildman–Crippen MR) is 54.3 cm³/mol. The molecule has 0 bridgehead atoms. The summed E-state index contributed by atoms with van der Waals surface area (Å²) in [6.45, 7) is 3.73. The van der Waals surface area contributed by atoms with Crippen molar-refractivity contribution in [2.24, 2.45) is 11.1 Å². The normalized spacial score (nSPS) is 11.1. The standard InChI is InChI=1S/C9H18N2O4/c1-9(2,8(13)14)6-11-7(12)5-15-4-3-10/h3-6,10H2,1-2H3,(H,11,12)(H,13,14). The first-order chi connectivity index (χ1) is 6.90. The highest BCUT2D eigenvalue weighted by Gasteiger charge is 2.27. The van der Waals surface area contributed by atoms with Gasteiger partial charge in [-0.3, -0.25) is 9.59 Å². The van der Waals surface area contributed by atoms with Crippen molar-refractivity contribution in [3.05, 3.63) is 0 Å². The summed E-state index contributed by atoms with van der Waals surface area (Å²) in [6.07, 6.45) is 0. The summed E-state index contributed by atoms with van der Waals surface area (Å²) in [7, 11) is 0. The van der Waals surface area contributed by atoms with Crippen molar-refractivity contribution < 1.29 is 19.4 Å². The lowest BCUT2D eigenvalue weighted by atomic mass is 9.94. The summed E-state index contributed by atoms with van der Waals surface area (Å²) in [4.78, 5) is 21.8. The van der Waals surface area contributed by atoms with E-state index in [1.54, 1.807) is 0 Å². The molecule has 0 aromatic rings. The molecule has 88 valence electrons. The van der Waals surface area contributed by atoms with Gasteiger partial charge < -0.3 is 20.9 Å². The van der Waals surface area contributed by atoms with Gasteiger partial charge in [0.1, 0.15) is 6.61 Å². The number of nitrogens with two attached hydrogens (primary N) is 1. The minimum Gasteiger partial charge on any atom is -0.481 e. The zero-order chi connectivity index (χ0) is 11.9. The number of aliphatic carboxylic acids is 1. The molecule has 0 unspecified atom stereocenters. The number of carbonyl (C=O) groups excluding carboxylic acids is 1. The summed E-state index contributed by atoms with van der Waals surface area (Å²) >= 11 is 0. The first-order valence-corrected chi connectivity index (χ1v) is 4.68. The van der Waals surface area contributed by atoms with Crippen LogP contribution in [0.2, 0.25) is 0 Å². The summed E-state index contributed by atoms with van der Waals surface area (Å²) in [5, 5.41) is 11.2. The third kappa shape index (κ3) is 6.03. The molecule has 6 nitrogen and oxygen atoms in total. The Morgan fingerprint density at radius 1 is 1.47 bits per heavy atom. The highest BCUT2D eigenvalue weighted by Crippen LogP contribution is 2.12. The molecular weight excluding hydrogens is 200 g/mol. The molecule has 4 N–H and O–H groups in total. The van der Waals surface area contributed by atoms with E-state index in [1.807, 2.05) is 0 Å². The van der Waals surface area contributed by atoms with Gasteiger partial charge in [0.2, 0.25) is 5.91 Å². The maximum absolute atomic E-state index is 11.1. The van der Waals surface area contributed by atoms with Crippen molar-refractivity contribution in [1.82, 2.24) is 5.32 Å². The van der Waals surface area contributed by atoms with Crippen LogP contribution in [0.1, 0.15) is 13.8 Å². The van der Waals surface area contributed by atoms with Crippen molar-refractivity contribution in [3.63, 3.8) is 0 Å². The third-order valence-corrected chi connectivity index (χ3v) is 1.80. The second-order valence-corrected chi connectivity index (χ2v) is 3.81. The van der Waals surface area contributed by atoms with E-state index < -0.39 is 11.4 Å². The molecule has 0 aliphatic rings. The number of nitrogens with one attached hydrogen (secondary N) is 1. The topological polar surface area (TPSA) is 102 Å². The number of carboxylic acids is 1. The zero-order valence-corrected chi connectivity index (χ0v) is 9.08. The lowest BCUT2D eigenvalue weighted by molar-refractivity contribution is -0.146. The Kier molecular flexibility index (Phi) is 5.88. The molecule has 0 radical (unpaired) electrons. The van der Waals surface area contributed by atoms with Crippen molar-refractivity contribution in [1.29, 1.82) is 0 Å². The quantitative estimate of drug-likeness (QED) is 0.485. The number of ether oxygens (including phenoxy) is 1. The Labute approximate surface area is 88.8 Å². The minimum absolute atomic E-state index is 0.0765. The van der Waals surface area contributed by atoms with Crippen LogP contribution < -0.4 is 11.1 Å². The predicted octanol–water partition coefficient (Wildman–Crippen LogP) is -0.811. The Morgan fingerprint density at radius 2 is 2.07 bits per heavy atom. The van der Waals surface area contributed by atoms with Crippen LogP contribution in [0.5, 0.6) is 0 Å². The van der Waals surface area contributed by atoms with Crippen LogP contribution >= 0.6 is 0 Å². The number of carbonyl (C=O) groups is 2. The van der Waals surface area contributed by atoms with Gasteiger partial charge in [0, 0.05) is 13.1 Å². The molecule has 0 saturated carbocycles. The van der Waals surface area contributed by atoms with Gasteiger partial charge in [-0.25, -0.2) is 0 Å². The first-order valence-electron chi connectivity index (χ1n) is 4.68. The average molecular weight is 218 g/mol. The number of rotatable bonds is 7. The maximum Gasteiger partial charge on any atom is 0.310 e. The molecule has 0 heterocycles. The molecular formula is C9H18N2O4. The van der Waals surface area contributed by atoms with Crippen LogP contribution in [-0.2, 0) is 14.3 Å². The molecule has 0 aromatic heterocycles. The van der Waals surface area contributed by atoms with E-state index in [0.717, 1.165) is 0 Å². The second-order valence-electron chi connectivity index (χ2n) is 3.81. The molecule has 0 aliphatic heterocycles. The van der Waals surface area contributed by atoms with E-state index in [4.69, 9.17) is 15.6 Å². The lowest BCUT2D eigenvalue weighted by Crippen LogP contribution is -2.40.